The van der Waals surface area contributed by atoms with Gasteiger partial charge >= 0.3 is 6.09 Å². The van der Waals surface area contributed by atoms with E-state index in [9.17, 15) is 4.79 Å². The van der Waals surface area contributed by atoms with Crippen LogP contribution in [0.25, 0.3) is 0 Å². The van der Waals surface area contributed by atoms with Crippen molar-refractivity contribution in [3.8, 4) is 0 Å². The van der Waals surface area contributed by atoms with Crippen molar-refractivity contribution in [1.82, 2.24) is 15.5 Å². The number of nitrogens with zero attached hydrogens (tertiary/aromatic N) is 2. The van der Waals surface area contributed by atoms with E-state index in [1.54, 1.807) is 0 Å². The number of guanidine groups is 1. The molecule has 1 aliphatic heterocycles. The fourth-order valence-electron chi connectivity index (χ4n) is 3.73. The van der Waals surface area contributed by atoms with Gasteiger partial charge in [-0.05, 0) is 57.9 Å². The Hall–Kier alpha value is -2.24. The van der Waals surface area contributed by atoms with Crippen molar-refractivity contribution < 1.29 is 9.53 Å². The fraction of sp³-hybridized carbons (Fsp3) is 0.636. The number of hydrogen-bond donors (Lipinski definition) is 2. The summed E-state index contributed by atoms with van der Waals surface area (Å²) in [6.07, 6.45) is 1.78. The minimum Gasteiger partial charge on any atom is -0.444 e. The molecule has 2 aliphatic rings. The van der Waals surface area contributed by atoms with E-state index in [4.69, 9.17) is 9.73 Å². The minimum absolute atomic E-state index is 0.0942. The molecule has 28 heavy (non-hydrogen) atoms. The van der Waals surface area contributed by atoms with Gasteiger partial charge in [0.1, 0.15) is 5.60 Å². The first-order valence-electron chi connectivity index (χ1n) is 10.4. The van der Waals surface area contributed by atoms with Crippen LogP contribution in [0.15, 0.2) is 35.3 Å². The van der Waals surface area contributed by atoms with Gasteiger partial charge in [-0.3, -0.25) is 4.99 Å². The van der Waals surface area contributed by atoms with Crippen molar-refractivity contribution in [1.29, 1.82) is 0 Å². The second-order valence-corrected chi connectivity index (χ2v) is 8.79. The average Bonchev–Trinajstić information content (AvgIpc) is 3.27. The first-order valence-corrected chi connectivity index (χ1v) is 10.4. The van der Waals surface area contributed by atoms with Crippen LogP contribution >= 0.6 is 0 Å². The highest BCUT2D eigenvalue weighted by molar-refractivity contribution is 5.80. The number of alkyl carbamates (subject to hydrolysis) is 1. The van der Waals surface area contributed by atoms with E-state index in [2.05, 4.69) is 52.8 Å². The zero-order valence-corrected chi connectivity index (χ0v) is 17.6. The molecule has 3 rings (SSSR count). The number of carbonyl (C=O) groups excluding carboxylic acids is 1. The van der Waals surface area contributed by atoms with Crippen molar-refractivity contribution in [2.75, 3.05) is 26.2 Å². The second kappa shape index (κ2) is 8.84. The van der Waals surface area contributed by atoms with Crippen LogP contribution in [0.4, 0.5) is 4.79 Å². The minimum atomic E-state index is -0.474. The lowest BCUT2D eigenvalue weighted by Gasteiger charge is -2.23. The van der Waals surface area contributed by atoms with Crippen molar-refractivity contribution in [2.45, 2.75) is 58.1 Å². The summed E-state index contributed by atoms with van der Waals surface area (Å²) in [5, 5.41) is 6.39. The van der Waals surface area contributed by atoms with Gasteiger partial charge in [-0.2, -0.15) is 0 Å². The second-order valence-electron chi connectivity index (χ2n) is 8.79. The maximum atomic E-state index is 12.0. The summed E-state index contributed by atoms with van der Waals surface area (Å²) < 4.78 is 5.37. The number of carbonyl (C=O) groups is 1. The van der Waals surface area contributed by atoms with E-state index in [0.29, 0.717) is 11.8 Å². The highest BCUT2D eigenvalue weighted by Crippen LogP contribution is 2.47. The van der Waals surface area contributed by atoms with E-state index in [1.807, 2.05) is 20.8 Å². The Balaban J connectivity index is 1.50. The summed E-state index contributed by atoms with van der Waals surface area (Å²) in [5.41, 5.74) is 0.952. The topological polar surface area (TPSA) is 66.0 Å². The number of ether oxygens (including phenoxy) is 1. The molecular formula is C22H34N4O2. The number of hydrogen-bond acceptors (Lipinski definition) is 3. The van der Waals surface area contributed by atoms with E-state index >= 15 is 0 Å². The van der Waals surface area contributed by atoms with Crippen LogP contribution in [0.2, 0.25) is 0 Å². The summed E-state index contributed by atoms with van der Waals surface area (Å²) in [6, 6.07) is 10.8. The Labute approximate surface area is 168 Å². The molecule has 6 nitrogen and oxygen atoms in total. The number of nitrogens with one attached hydrogen (secondary N) is 2. The van der Waals surface area contributed by atoms with Gasteiger partial charge in [-0.1, -0.05) is 30.3 Å². The standard InChI is InChI=1S/C22H34N4O2/c1-5-23-20(24-14-17-13-19(17)16-9-7-6-8-10-16)26-12-11-18(15-26)25-21(27)28-22(2,3)4/h6-10,17-19H,5,11-15H2,1-4H3,(H,23,24)(H,25,27). The van der Waals surface area contributed by atoms with Crippen LogP contribution in [-0.4, -0.2) is 54.8 Å². The molecule has 1 saturated heterocycles. The number of benzene rings is 1. The van der Waals surface area contributed by atoms with Crippen LogP contribution in [0.3, 0.4) is 0 Å². The average molecular weight is 387 g/mol. The molecule has 3 unspecified atom stereocenters. The smallest absolute Gasteiger partial charge is 0.407 e. The van der Waals surface area contributed by atoms with Crippen molar-refractivity contribution in [3.63, 3.8) is 0 Å². The largest absolute Gasteiger partial charge is 0.444 e. The molecule has 1 amide bonds. The molecule has 1 aliphatic carbocycles. The van der Waals surface area contributed by atoms with E-state index in [1.165, 1.54) is 12.0 Å². The lowest BCUT2D eigenvalue weighted by molar-refractivity contribution is 0.0507. The Morgan fingerprint density at radius 2 is 2.04 bits per heavy atom. The summed E-state index contributed by atoms with van der Waals surface area (Å²) >= 11 is 0. The molecule has 0 aromatic heterocycles. The first kappa shape index (κ1) is 20.5. The first-order chi connectivity index (χ1) is 13.4. The maximum Gasteiger partial charge on any atom is 0.407 e. The molecule has 0 spiro atoms. The summed E-state index contributed by atoms with van der Waals surface area (Å²) in [6.45, 7) is 11.1. The third kappa shape index (κ3) is 5.88. The van der Waals surface area contributed by atoms with E-state index in [0.717, 1.165) is 38.6 Å². The van der Waals surface area contributed by atoms with E-state index in [-0.39, 0.29) is 12.1 Å². The Bertz CT molecular complexity index is 684. The highest BCUT2D eigenvalue weighted by Gasteiger charge is 2.38. The number of amides is 1. The number of rotatable bonds is 5. The van der Waals surface area contributed by atoms with Gasteiger partial charge in [0.05, 0.1) is 6.04 Å². The zero-order chi connectivity index (χ0) is 20.1. The fourth-order valence-corrected chi connectivity index (χ4v) is 3.73. The van der Waals surface area contributed by atoms with Crippen molar-refractivity contribution in [3.05, 3.63) is 35.9 Å². The molecule has 2 fully saturated rings. The predicted octanol–water partition coefficient (Wildman–Crippen LogP) is 3.35. The lowest BCUT2D eigenvalue weighted by Crippen LogP contribution is -2.44. The Morgan fingerprint density at radius 3 is 2.71 bits per heavy atom. The van der Waals surface area contributed by atoms with E-state index < -0.39 is 5.60 Å². The molecule has 154 valence electrons. The molecule has 0 bridgehead atoms. The van der Waals surface area contributed by atoms with Crippen LogP contribution in [0, 0.1) is 5.92 Å². The molecule has 1 heterocycles. The van der Waals surface area contributed by atoms with Gasteiger partial charge in [0.15, 0.2) is 5.96 Å². The van der Waals surface area contributed by atoms with Gasteiger partial charge in [0, 0.05) is 26.2 Å². The molecule has 1 aromatic rings. The van der Waals surface area contributed by atoms with Crippen LogP contribution in [0.5, 0.6) is 0 Å². The molecule has 6 heteroatoms. The maximum absolute atomic E-state index is 12.0. The van der Waals surface area contributed by atoms with Crippen molar-refractivity contribution in [2.24, 2.45) is 10.9 Å². The Morgan fingerprint density at radius 1 is 1.29 bits per heavy atom. The Kier molecular flexibility index (Phi) is 6.47. The SMILES string of the molecule is CCNC(=NCC1CC1c1ccccc1)N1CCC(NC(=O)OC(C)(C)C)C1. The predicted molar refractivity (Wildman–Crippen MR) is 113 cm³/mol. The lowest BCUT2D eigenvalue weighted by atomic mass is 10.1. The number of aliphatic imine (C=N–C) groups is 1. The zero-order valence-electron chi connectivity index (χ0n) is 17.6. The van der Waals surface area contributed by atoms with Gasteiger partial charge in [0.25, 0.3) is 0 Å². The normalized spacial score (nSPS) is 24.8. The highest BCUT2D eigenvalue weighted by atomic mass is 16.6. The summed E-state index contributed by atoms with van der Waals surface area (Å²) in [7, 11) is 0. The molecular weight excluding hydrogens is 352 g/mol. The molecule has 1 aromatic carbocycles. The third-order valence-electron chi connectivity index (χ3n) is 5.17. The number of likely N-dealkylation sites (tertiary alicyclic amines) is 1. The van der Waals surface area contributed by atoms with Gasteiger partial charge in [0.2, 0.25) is 0 Å². The molecule has 1 saturated carbocycles. The monoisotopic (exact) mass is 386 g/mol. The van der Waals surface area contributed by atoms with Crippen LogP contribution < -0.4 is 10.6 Å². The molecule has 3 atom stereocenters. The van der Waals surface area contributed by atoms with Gasteiger partial charge in [-0.25, -0.2) is 4.79 Å². The van der Waals surface area contributed by atoms with Crippen LogP contribution in [-0.2, 0) is 4.74 Å². The third-order valence-corrected chi connectivity index (χ3v) is 5.17. The van der Waals surface area contributed by atoms with Gasteiger partial charge in [-0.15, -0.1) is 0 Å². The quantitative estimate of drug-likeness (QED) is 0.602. The summed E-state index contributed by atoms with van der Waals surface area (Å²) in [5.74, 6) is 2.23. The summed E-state index contributed by atoms with van der Waals surface area (Å²) in [4.78, 5) is 19.1. The molecule has 0 radical (unpaired) electrons. The van der Waals surface area contributed by atoms with Gasteiger partial charge < -0.3 is 20.3 Å². The van der Waals surface area contributed by atoms with Crippen LogP contribution in [0.1, 0.15) is 52.0 Å². The van der Waals surface area contributed by atoms with Crippen molar-refractivity contribution >= 4 is 12.1 Å². The molecule has 2 N–H and O–H groups in total.